The molecule has 1 N–H and O–H groups in total. The molecule has 1 atom stereocenters. The van der Waals surface area contributed by atoms with Gasteiger partial charge in [0.05, 0.1) is 0 Å². The number of ether oxygens (including phenoxy) is 1. The lowest BCUT2D eigenvalue weighted by Crippen LogP contribution is -2.50. The van der Waals surface area contributed by atoms with E-state index in [0.717, 1.165) is 18.8 Å². The molecule has 150 valence electrons. The molecular formula is C23H31N3O2. The van der Waals surface area contributed by atoms with Gasteiger partial charge in [-0.15, -0.1) is 0 Å². The molecule has 0 aromatic heterocycles. The Bertz CT molecular complexity index is 761. The number of hydrogen-bond donors (Lipinski definition) is 1. The van der Waals surface area contributed by atoms with Crippen molar-refractivity contribution in [1.82, 2.24) is 4.90 Å². The Labute approximate surface area is 168 Å². The standard InChI is InChI=1S/C23H31N3O2/c1-18(19-8-6-5-7-9-19)24-20-10-12-21(13-11-20)25-14-16-26(17-15-25)22(27)28-23(2,3)4/h5-13,18,24H,14-17H2,1-4H3. The van der Waals surface area contributed by atoms with Crippen LogP contribution in [0.2, 0.25) is 0 Å². The van der Waals surface area contributed by atoms with E-state index >= 15 is 0 Å². The molecule has 1 fully saturated rings. The molecule has 1 aliphatic heterocycles. The molecule has 2 aromatic carbocycles. The van der Waals surface area contributed by atoms with E-state index in [-0.39, 0.29) is 12.1 Å². The van der Waals surface area contributed by atoms with E-state index in [1.165, 1.54) is 11.3 Å². The van der Waals surface area contributed by atoms with E-state index in [1.807, 2.05) is 26.8 Å². The second-order valence-electron chi connectivity index (χ2n) is 8.28. The van der Waals surface area contributed by atoms with Gasteiger partial charge in [-0.25, -0.2) is 4.79 Å². The third-order valence-corrected chi connectivity index (χ3v) is 4.85. The van der Waals surface area contributed by atoms with E-state index < -0.39 is 5.60 Å². The van der Waals surface area contributed by atoms with Crippen LogP contribution in [0.25, 0.3) is 0 Å². The van der Waals surface area contributed by atoms with Crippen molar-refractivity contribution in [2.45, 2.75) is 39.3 Å². The predicted octanol–water partition coefficient (Wildman–Crippen LogP) is 4.92. The SMILES string of the molecule is CC(Nc1ccc(N2CCN(C(=O)OC(C)(C)C)CC2)cc1)c1ccccc1. The second kappa shape index (κ2) is 8.55. The van der Waals surface area contributed by atoms with Crippen LogP contribution in [0.5, 0.6) is 0 Å². The number of carbonyl (C=O) groups excluding carboxylic acids is 1. The Hall–Kier alpha value is -2.69. The molecular weight excluding hydrogens is 350 g/mol. The van der Waals surface area contributed by atoms with Crippen LogP contribution in [0.15, 0.2) is 54.6 Å². The van der Waals surface area contributed by atoms with Gasteiger partial charge in [-0.1, -0.05) is 30.3 Å². The minimum atomic E-state index is -0.450. The van der Waals surface area contributed by atoms with Crippen LogP contribution in [0.1, 0.15) is 39.3 Å². The Morgan fingerprint density at radius 1 is 0.964 bits per heavy atom. The number of nitrogens with zero attached hydrogens (tertiary/aromatic N) is 2. The monoisotopic (exact) mass is 381 g/mol. The molecule has 1 unspecified atom stereocenters. The Kier molecular flexibility index (Phi) is 6.12. The van der Waals surface area contributed by atoms with Crippen LogP contribution < -0.4 is 10.2 Å². The molecule has 3 rings (SSSR count). The van der Waals surface area contributed by atoms with E-state index in [4.69, 9.17) is 4.74 Å². The molecule has 1 saturated heterocycles. The van der Waals surface area contributed by atoms with Crippen molar-refractivity contribution in [3.05, 3.63) is 60.2 Å². The maximum Gasteiger partial charge on any atom is 0.410 e. The summed E-state index contributed by atoms with van der Waals surface area (Å²) in [4.78, 5) is 16.3. The average Bonchev–Trinajstić information content (AvgIpc) is 2.68. The van der Waals surface area contributed by atoms with Crippen molar-refractivity contribution < 1.29 is 9.53 Å². The first-order valence-corrected chi connectivity index (χ1v) is 9.96. The summed E-state index contributed by atoms with van der Waals surface area (Å²) in [5.41, 5.74) is 3.10. The number of nitrogens with one attached hydrogen (secondary N) is 1. The topological polar surface area (TPSA) is 44.8 Å². The number of hydrogen-bond acceptors (Lipinski definition) is 4. The van der Waals surface area contributed by atoms with Crippen LogP contribution in [0.4, 0.5) is 16.2 Å². The third-order valence-electron chi connectivity index (χ3n) is 4.85. The first-order valence-electron chi connectivity index (χ1n) is 9.96. The highest BCUT2D eigenvalue weighted by atomic mass is 16.6. The van der Waals surface area contributed by atoms with Gasteiger partial charge >= 0.3 is 6.09 Å². The molecule has 0 aliphatic carbocycles. The van der Waals surface area contributed by atoms with Crippen LogP contribution in [-0.4, -0.2) is 42.8 Å². The largest absolute Gasteiger partial charge is 0.444 e. The fourth-order valence-corrected chi connectivity index (χ4v) is 3.32. The smallest absolute Gasteiger partial charge is 0.410 e. The summed E-state index contributed by atoms with van der Waals surface area (Å²) in [7, 11) is 0. The minimum absolute atomic E-state index is 0.221. The molecule has 5 heteroatoms. The Morgan fingerprint density at radius 2 is 1.57 bits per heavy atom. The van der Waals surface area contributed by atoms with Gasteiger partial charge in [0.15, 0.2) is 0 Å². The quantitative estimate of drug-likeness (QED) is 0.817. The van der Waals surface area contributed by atoms with Crippen molar-refractivity contribution in [3.8, 4) is 0 Å². The summed E-state index contributed by atoms with van der Waals surface area (Å²) in [6, 6.07) is 19.2. The summed E-state index contributed by atoms with van der Waals surface area (Å²) in [6.07, 6.45) is -0.221. The zero-order valence-corrected chi connectivity index (χ0v) is 17.3. The van der Waals surface area contributed by atoms with Crippen LogP contribution in [0, 0.1) is 0 Å². The highest BCUT2D eigenvalue weighted by molar-refractivity contribution is 5.68. The third kappa shape index (κ3) is 5.41. The maximum atomic E-state index is 12.2. The zero-order valence-electron chi connectivity index (χ0n) is 17.3. The number of carbonyl (C=O) groups is 1. The average molecular weight is 382 g/mol. The summed E-state index contributed by atoms with van der Waals surface area (Å²) >= 11 is 0. The molecule has 1 heterocycles. The summed E-state index contributed by atoms with van der Waals surface area (Å²) < 4.78 is 5.47. The fourth-order valence-electron chi connectivity index (χ4n) is 3.32. The van der Waals surface area contributed by atoms with Gasteiger partial charge in [0, 0.05) is 43.6 Å². The summed E-state index contributed by atoms with van der Waals surface area (Å²) in [5.74, 6) is 0. The molecule has 0 bridgehead atoms. The number of amides is 1. The summed E-state index contributed by atoms with van der Waals surface area (Å²) in [6.45, 7) is 10.8. The normalized spacial score (nSPS) is 15.9. The fraction of sp³-hybridized carbons (Fsp3) is 0.435. The lowest BCUT2D eigenvalue weighted by molar-refractivity contribution is 0.0240. The van der Waals surface area contributed by atoms with Gasteiger partial charge in [0.1, 0.15) is 5.60 Å². The first kappa shape index (κ1) is 20.1. The van der Waals surface area contributed by atoms with Crippen LogP contribution in [0.3, 0.4) is 0 Å². The number of anilines is 2. The van der Waals surface area contributed by atoms with E-state index in [2.05, 4.69) is 65.7 Å². The van der Waals surface area contributed by atoms with Gasteiger partial charge in [0.2, 0.25) is 0 Å². The molecule has 0 spiro atoms. The van der Waals surface area contributed by atoms with Gasteiger partial charge in [-0.05, 0) is 57.5 Å². The second-order valence-corrected chi connectivity index (χ2v) is 8.28. The van der Waals surface area contributed by atoms with Crippen LogP contribution >= 0.6 is 0 Å². The molecule has 1 aliphatic rings. The number of piperazine rings is 1. The van der Waals surface area contributed by atoms with E-state index in [0.29, 0.717) is 13.1 Å². The minimum Gasteiger partial charge on any atom is -0.444 e. The first-order chi connectivity index (χ1) is 13.3. The molecule has 28 heavy (non-hydrogen) atoms. The lowest BCUT2D eigenvalue weighted by Gasteiger charge is -2.36. The highest BCUT2D eigenvalue weighted by Gasteiger charge is 2.25. The van der Waals surface area contributed by atoms with E-state index in [1.54, 1.807) is 4.90 Å². The number of rotatable bonds is 4. The van der Waals surface area contributed by atoms with Crippen molar-refractivity contribution in [3.63, 3.8) is 0 Å². The number of benzene rings is 2. The van der Waals surface area contributed by atoms with Crippen molar-refractivity contribution in [2.24, 2.45) is 0 Å². The molecule has 0 saturated carbocycles. The highest BCUT2D eigenvalue weighted by Crippen LogP contribution is 2.23. The zero-order chi connectivity index (χ0) is 20.1. The van der Waals surface area contributed by atoms with Crippen molar-refractivity contribution in [1.29, 1.82) is 0 Å². The Balaban J connectivity index is 1.53. The molecule has 1 amide bonds. The molecule has 2 aromatic rings. The molecule has 0 radical (unpaired) electrons. The Morgan fingerprint density at radius 3 is 2.14 bits per heavy atom. The van der Waals surface area contributed by atoms with Crippen molar-refractivity contribution >= 4 is 17.5 Å². The maximum absolute atomic E-state index is 12.2. The van der Waals surface area contributed by atoms with Gasteiger partial charge in [0.25, 0.3) is 0 Å². The van der Waals surface area contributed by atoms with Gasteiger partial charge in [-0.3, -0.25) is 0 Å². The van der Waals surface area contributed by atoms with E-state index in [9.17, 15) is 4.79 Å². The van der Waals surface area contributed by atoms with Crippen LogP contribution in [-0.2, 0) is 4.74 Å². The predicted molar refractivity (Wildman–Crippen MR) is 115 cm³/mol. The van der Waals surface area contributed by atoms with Crippen molar-refractivity contribution in [2.75, 3.05) is 36.4 Å². The van der Waals surface area contributed by atoms with Gasteiger partial charge < -0.3 is 19.9 Å². The van der Waals surface area contributed by atoms with Gasteiger partial charge in [-0.2, -0.15) is 0 Å². The summed E-state index contributed by atoms with van der Waals surface area (Å²) in [5, 5.41) is 3.54. The molecule has 5 nitrogen and oxygen atoms in total. The lowest BCUT2D eigenvalue weighted by atomic mass is 10.1.